The normalized spacial score (nSPS) is 15.4. The smallest absolute Gasteiger partial charge is 0.236 e. The van der Waals surface area contributed by atoms with E-state index >= 15 is 0 Å². The topological polar surface area (TPSA) is 71.7 Å². The predicted molar refractivity (Wildman–Crippen MR) is 121 cm³/mol. The van der Waals surface area contributed by atoms with E-state index in [1.807, 2.05) is 17.5 Å². The molecule has 1 aliphatic rings. The first-order valence-electron chi connectivity index (χ1n) is 9.39. The lowest BCUT2D eigenvalue weighted by atomic mass is 9.98. The molecule has 0 unspecified atom stereocenters. The van der Waals surface area contributed by atoms with Crippen LogP contribution in [0.4, 0.5) is 0 Å². The number of thiophene rings is 1. The van der Waals surface area contributed by atoms with Crippen LogP contribution in [0.15, 0.2) is 33.2 Å². The molecular weight excluding hydrogens is 475 g/mol. The number of aliphatic imine (C=N–C) groups is 1. The maximum atomic E-state index is 5.94. The number of aromatic nitrogens is 1. The van der Waals surface area contributed by atoms with Crippen molar-refractivity contribution in [3.8, 4) is 10.8 Å². The summed E-state index contributed by atoms with van der Waals surface area (Å²) in [6, 6.07) is 4.00. The van der Waals surface area contributed by atoms with Gasteiger partial charge in [0.15, 0.2) is 5.96 Å². The van der Waals surface area contributed by atoms with Crippen molar-refractivity contribution in [1.29, 1.82) is 0 Å². The fourth-order valence-corrected chi connectivity index (χ4v) is 3.71. The van der Waals surface area contributed by atoms with Gasteiger partial charge in [0, 0.05) is 20.2 Å². The van der Waals surface area contributed by atoms with Gasteiger partial charge in [0.1, 0.15) is 6.26 Å². The summed E-state index contributed by atoms with van der Waals surface area (Å²) >= 11 is 1.62. The largest absolute Gasteiger partial charge is 0.443 e. The zero-order valence-corrected chi connectivity index (χ0v) is 18.9. The zero-order chi connectivity index (χ0) is 18.0. The number of hydrogen-bond donors (Lipinski definition) is 2. The van der Waals surface area contributed by atoms with Crippen LogP contribution >= 0.6 is 35.3 Å². The second-order valence-corrected chi connectivity index (χ2v) is 7.41. The minimum Gasteiger partial charge on any atom is -0.443 e. The lowest BCUT2D eigenvalue weighted by molar-refractivity contribution is 0.0277. The van der Waals surface area contributed by atoms with Gasteiger partial charge in [-0.1, -0.05) is 25.3 Å². The van der Waals surface area contributed by atoms with Crippen LogP contribution in [0.2, 0.25) is 0 Å². The van der Waals surface area contributed by atoms with Crippen molar-refractivity contribution in [3.05, 3.63) is 29.5 Å². The Morgan fingerprint density at radius 1 is 1.33 bits per heavy atom. The Morgan fingerprint density at radius 2 is 2.19 bits per heavy atom. The van der Waals surface area contributed by atoms with Crippen LogP contribution < -0.4 is 10.6 Å². The van der Waals surface area contributed by atoms with Crippen molar-refractivity contribution >= 4 is 41.3 Å². The number of halogens is 1. The molecule has 0 bridgehead atoms. The molecule has 0 aromatic carbocycles. The Kier molecular flexibility index (Phi) is 10.1. The molecule has 1 saturated carbocycles. The Labute approximate surface area is 182 Å². The first-order chi connectivity index (χ1) is 12.8. The summed E-state index contributed by atoms with van der Waals surface area (Å²) in [5.74, 6) is 1.43. The number of oxazole rings is 1. The lowest BCUT2D eigenvalue weighted by Crippen LogP contribution is -2.37. The van der Waals surface area contributed by atoms with Gasteiger partial charge < -0.3 is 19.8 Å². The third kappa shape index (κ3) is 7.42. The van der Waals surface area contributed by atoms with E-state index in [1.165, 1.54) is 32.1 Å². The van der Waals surface area contributed by atoms with Crippen LogP contribution in [-0.2, 0) is 11.3 Å². The molecule has 2 heterocycles. The average Bonchev–Trinajstić information content (AvgIpc) is 3.36. The Balaban J connectivity index is 0.00000261. The van der Waals surface area contributed by atoms with Crippen molar-refractivity contribution < 1.29 is 9.15 Å². The van der Waals surface area contributed by atoms with Crippen LogP contribution in [0, 0.1) is 0 Å². The van der Waals surface area contributed by atoms with Crippen molar-refractivity contribution in [3.63, 3.8) is 0 Å². The predicted octanol–water partition coefficient (Wildman–Crippen LogP) is 4.43. The van der Waals surface area contributed by atoms with Gasteiger partial charge in [0.25, 0.3) is 0 Å². The third-order valence-corrected chi connectivity index (χ3v) is 5.32. The van der Waals surface area contributed by atoms with Crippen LogP contribution in [0.5, 0.6) is 0 Å². The fraction of sp³-hybridized carbons (Fsp3) is 0.579. The average molecular weight is 504 g/mol. The summed E-state index contributed by atoms with van der Waals surface area (Å²) in [5, 5.41) is 8.59. The van der Waals surface area contributed by atoms with Gasteiger partial charge in [0.05, 0.1) is 23.2 Å². The Morgan fingerprint density at radius 3 is 2.93 bits per heavy atom. The van der Waals surface area contributed by atoms with E-state index < -0.39 is 0 Å². The molecule has 6 nitrogen and oxygen atoms in total. The van der Waals surface area contributed by atoms with Crippen LogP contribution in [0.1, 0.15) is 44.2 Å². The molecule has 150 valence electrons. The first-order valence-corrected chi connectivity index (χ1v) is 10.3. The molecule has 1 fully saturated rings. The minimum absolute atomic E-state index is 0. The number of guanidine groups is 1. The second kappa shape index (κ2) is 12.4. The van der Waals surface area contributed by atoms with E-state index in [0.717, 1.165) is 36.1 Å². The first kappa shape index (κ1) is 22.2. The standard InChI is InChI=1S/C19H28N4O2S.HI/c1-20-19(21-10-6-11-24-16-7-3-2-4-8-16)22-13-15-14-25-18(23-15)17-9-5-12-26-17;/h5,9,12,14,16H,2-4,6-8,10-11,13H2,1H3,(H2,20,21,22);1H. The van der Waals surface area contributed by atoms with Gasteiger partial charge >= 0.3 is 0 Å². The third-order valence-electron chi connectivity index (χ3n) is 4.46. The second-order valence-electron chi connectivity index (χ2n) is 6.46. The monoisotopic (exact) mass is 504 g/mol. The van der Waals surface area contributed by atoms with Crippen molar-refractivity contribution in [2.75, 3.05) is 20.2 Å². The quantitative estimate of drug-likeness (QED) is 0.241. The van der Waals surface area contributed by atoms with Gasteiger partial charge in [0.2, 0.25) is 5.89 Å². The molecule has 2 aromatic heterocycles. The number of rotatable bonds is 8. The maximum absolute atomic E-state index is 5.94. The molecule has 1 aliphatic carbocycles. The van der Waals surface area contributed by atoms with Gasteiger partial charge in [-0.2, -0.15) is 0 Å². The zero-order valence-electron chi connectivity index (χ0n) is 15.8. The SMILES string of the molecule is CN=C(NCCCOC1CCCCC1)NCc1coc(-c2cccs2)n1.I. The molecule has 2 aromatic rings. The number of nitrogens with one attached hydrogen (secondary N) is 2. The molecule has 8 heteroatoms. The number of nitrogens with zero attached hydrogens (tertiary/aromatic N) is 2. The number of hydrogen-bond acceptors (Lipinski definition) is 5. The van der Waals surface area contributed by atoms with E-state index in [2.05, 4.69) is 20.6 Å². The minimum atomic E-state index is 0. The summed E-state index contributed by atoms with van der Waals surface area (Å²) < 4.78 is 11.5. The summed E-state index contributed by atoms with van der Waals surface area (Å²) in [4.78, 5) is 9.78. The highest BCUT2D eigenvalue weighted by molar-refractivity contribution is 14.0. The maximum Gasteiger partial charge on any atom is 0.236 e. The van der Waals surface area contributed by atoms with Gasteiger partial charge in [-0.15, -0.1) is 35.3 Å². The summed E-state index contributed by atoms with van der Waals surface area (Å²) in [6.45, 7) is 2.22. The molecule has 0 saturated heterocycles. The molecule has 0 radical (unpaired) electrons. The lowest BCUT2D eigenvalue weighted by Gasteiger charge is -2.22. The highest BCUT2D eigenvalue weighted by atomic mass is 127. The van der Waals surface area contributed by atoms with Crippen LogP contribution in [-0.4, -0.2) is 37.2 Å². The van der Waals surface area contributed by atoms with E-state index in [4.69, 9.17) is 9.15 Å². The van der Waals surface area contributed by atoms with E-state index in [0.29, 0.717) is 18.5 Å². The molecule has 0 aliphatic heterocycles. The van der Waals surface area contributed by atoms with Crippen molar-refractivity contribution in [2.45, 2.75) is 51.2 Å². The van der Waals surface area contributed by atoms with Crippen LogP contribution in [0.3, 0.4) is 0 Å². The molecule has 0 atom stereocenters. The molecule has 3 rings (SSSR count). The van der Waals surface area contributed by atoms with Gasteiger partial charge in [-0.3, -0.25) is 4.99 Å². The van der Waals surface area contributed by atoms with E-state index in [9.17, 15) is 0 Å². The summed E-state index contributed by atoms with van der Waals surface area (Å²) in [6.07, 6.45) is 9.58. The molecule has 27 heavy (non-hydrogen) atoms. The summed E-state index contributed by atoms with van der Waals surface area (Å²) in [5.41, 5.74) is 0.858. The Bertz CT molecular complexity index is 669. The molecular formula is C19H29IN4O2S. The Hall–Kier alpha value is -1.13. The molecule has 0 spiro atoms. The van der Waals surface area contributed by atoms with Gasteiger partial charge in [-0.05, 0) is 30.7 Å². The van der Waals surface area contributed by atoms with E-state index in [-0.39, 0.29) is 24.0 Å². The molecule has 2 N–H and O–H groups in total. The van der Waals surface area contributed by atoms with Crippen molar-refractivity contribution in [1.82, 2.24) is 15.6 Å². The number of ether oxygens (including phenoxy) is 1. The fourth-order valence-electron chi connectivity index (χ4n) is 3.06. The van der Waals surface area contributed by atoms with Crippen molar-refractivity contribution in [2.24, 2.45) is 4.99 Å². The highest BCUT2D eigenvalue weighted by Crippen LogP contribution is 2.23. The highest BCUT2D eigenvalue weighted by Gasteiger charge is 2.13. The van der Waals surface area contributed by atoms with Crippen LogP contribution in [0.25, 0.3) is 10.8 Å². The molecule has 0 amide bonds. The van der Waals surface area contributed by atoms with E-state index in [1.54, 1.807) is 24.6 Å². The van der Waals surface area contributed by atoms with Gasteiger partial charge in [-0.25, -0.2) is 4.98 Å². The summed E-state index contributed by atoms with van der Waals surface area (Å²) in [7, 11) is 1.77.